The average molecular weight is 463 g/mol. The minimum atomic E-state index is -0.670. The number of hydrogen-bond donors (Lipinski definition) is 0. The molecule has 2 heterocycles. The van der Waals surface area contributed by atoms with E-state index in [-0.39, 0.29) is 24.2 Å². The number of piperazine rings is 1. The number of carbonyl (C=O) groups excluding carboxylic acids is 3. The van der Waals surface area contributed by atoms with Crippen molar-refractivity contribution in [2.75, 3.05) is 47.0 Å². The molecule has 0 aliphatic carbocycles. The fourth-order valence-corrected chi connectivity index (χ4v) is 3.48. The molecule has 0 unspecified atom stereocenters. The Morgan fingerprint density at radius 3 is 2.44 bits per heavy atom. The van der Waals surface area contributed by atoms with Crippen molar-refractivity contribution in [2.45, 2.75) is 0 Å². The van der Waals surface area contributed by atoms with Crippen LogP contribution in [-0.4, -0.2) is 74.6 Å². The molecule has 170 valence electrons. The van der Waals surface area contributed by atoms with Crippen molar-refractivity contribution in [3.63, 3.8) is 0 Å². The Morgan fingerprint density at radius 1 is 1.09 bits per heavy atom. The van der Waals surface area contributed by atoms with Crippen molar-refractivity contribution in [2.24, 2.45) is 0 Å². The van der Waals surface area contributed by atoms with Crippen LogP contribution in [0.1, 0.15) is 16.1 Å². The Kier molecular flexibility index (Phi) is 7.77. The van der Waals surface area contributed by atoms with Crippen molar-refractivity contribution in [3.8, 4) is 11.5 Å². The molecule has 1 aromatic heterocycles. The van der Waals surface area contributed by atoms with Crippen molar-refractivity contribution in [3.05, 3.63) is 53.0 Å². The Labute approximate surface area is 190 Å². The predicted molar refractivity (Wildman–Crippen MR) is 116 cm³/mol. The first-order valence-electron chi connectivity index (χ1n) is 9.80. The normalized spacial score (nSPS) is 13.8. The van der Waals surface area contributed by atoms with Crippen molar-refractivity contribution in [1.29, 1.82) is 0 Å². The number of esters is 1. The van der Waals surface area contributed by atoms with E-state index in [0.29, 0.717) is 48.3 Å². The van der Waals surface area contributed by atoms with Gasteiger partial charge >= 0.3 is 5.97 Å². The first kappa shape index (κ1) is 23.2. The predicted octanol–water partition coefficient (Wildman–Crippen LogP) is 2.49. The molecule has 0 atom stereocenters. The van der Waals surface area contributed by atoms with E-state index in [1.807, 2.05) is 0 Å². The number of rotatable bonds is 7. The maximum Gasteiger partial charge on any atom is 0.331 e. The van der Waals surface area contributed by atoms with E-state index < -0.39 is 5.97 Å². The molecule has 1 aliphatic rings. The number of nitrogens with zero attached hydrogens (tertiary/aromatic N) is 2. The number of benzene rings is 1. The van der Waals surface area contributed by atoms with Gasteiger partial charge < -0.3 is 28.4 Å². The van der Waals surface area contributed by atoms with Crippen LogP contribution in [0.15, 0.2) is 41.0 Å². The van der Waals surface area contributed by atoms with E-state index in [4.69, 9.17) is 30.2 Å². The van der Waals surface area contributed by atoms with Gasteiger partial charge in [-0.25, -0.2) is 4.79 Å². The number of methoxy groups -OCH3 is 2. The Morgan fingerprint density at radius 2 is 1.81 bits per heavy atom. The van der Waals surface area contributed by atoms with Gasteiger partial charge in [0.2, 0.25) is 0 Å². The fraction of sp³-hybridized carbons (Fsp3) is 0.318. The summed E-state index contributed by atoms with van der Waals surface area (Å²) in [6.07, 6.45) is 4.14. The minimum absolute atomic E-state index is 0.214. The third-order valence-corrected chi connectivity index (χ3v) is 5.14. The monoisotopic (exact) mass is 462 g/mol. The molecule has 0 bridgehead atoms. The third kappa shape index (κ3) is 5.61. The molecule has 1 aliphatic heterocycles. The molecule has 1 aromatic carbocycles. The van der Waals surface area contributed by atoms with Crippen LogP contribution < -0.4 is 9.47 Å². The third-order valence-electron chi connectivity index (χ3n) is 4.86. The second-order valence-electron chi connectivity index (χ2n) is 6.83. The quantitative estimate of drug-likeness (QED) is 0.460. The molecule has 1 saturated heterocycles. The van der Waals surface area contributed by atoms with Crippen molar-refractivity contribution < 1.29 is 33.0 Å². The summed E-state index contributed by atoms with van der Waals surface area (Å²) in [4.78, 5) is 39.8. The van der Waals surface area contributed by atoms with Crippen LogP contribution in [0.3, 0.4) is 0 Å². The standard InChI is InChI=1S/C22H23ClN2O7/c1-29-18-13-15(12-16(23)21(18)30-2)5-6-20(27)32-14-19(26)24-7-9-25(10-8-24)22(28)17-4-3-11-31-17/h3-6,11-13H,7-10,14H2,1-2H3/b6-5+. The maximum absolute atomic E-state index is 12.3. The lowest BCUT2D eigenvalue weighted by Crippen LogP contribution is -2.51. The van der Waals surface area contributed by atoms with E-state index in [9.17, 15) is 14.4 Å². The molecular weight excluding hydrogens is 440 g/mol. The van der Waals surface area contributed by atoms with Gasteiger partial charge in [0.25, 0.3) is 11.8 Å². The highest BCUT2D eigenvalue weighted by Crippen LogP contribution is 2.36. The topological polar surface area (TPSA) is 98.5 Å². The van der Waals surface area contributed by atoms with Crippen LogP contribution in [-0.2, 0) is 14.3 Å². The average Bonchev–Trinajstić information content (AvgIpc) is 3.35. The van der Waals surface area contributed by atoms with E-state index in [0.717, 1.165) is 0 Å². The van der Waals surface area contributed by atoms with Crippen LogP contribution in [0.4, 0.5) is 0 Å². The lowest BCUT2D eigenvalue weighted by atomic mass is 10.2. The first-order chi connectivity index (χ1) is 15.4. The number of hydrogen-bond acceptors (Lipinski definition) is 7. The van der Waals surface area contributed by atoms with Crippen molar-refractivity contribution in [1.82, 2.24) is 9.80 Å². The van der Waals surface area contributed by atoms with Gasteiger partial charge in [-0.05, 0) is 35.9 Å². The Hall–Kier alpha value is -3.46. The molecule has 32 heavy (non-hydrogen) atoms. The molecule has 2 amide bonds. The Balaban J connectivity index is 1.46. The Bertz CT molecular complexity index is 996. The molecule has 0 saturated carbocycles. The highest BCUT2D eigenvalue weighted by atomic mass is 35.5. The number of furan rings is 1. The summed E-state index contributed by atoms with van der Waals surface area (Å²) in [6.45, 7) is 1.06. The van der Waals surface area contributed by atoms with Crippen LogP contribution in [0, 0.1) is 0 Å². The second-order valence-corrected chi connectivity index (χ2v) is 7.24. The zero-order valence-electron chi connectivity index (χ0n) is 17.7. The number of halogens is 1. The highest BCUT2D eigenvalue weighted by Gasteiger charge is 2.26. The molecule has 2 aromatic rings. The van der Waals surface area contributed by atoms with Gasteiger partial charge in [-0.1, -0.05) is 11.6 Å². The molecular formula is C22H23ClN2O7. The summed E-state index contributed by atoms with van der Waals surface area (Å²) < 4.78 is 20.5. The van der Waals surface area contributed by atoms with Gasteiger partial charge in [0, 0.05) is 32.3 Å². The number of carbonyl (C=O) groups is 3. The summed E-state index contributed by atoms with van der Waals surface area (Å²) >= 11 is 6.14. The van der Waals surface area contributed by atoms with Gasteiger partial charge in [-0.2, -0.15) is 0 Å². The van der Waals surface area contributed by atoms with E-state index >= 15 is 0 Å². The van der Waals surface area contributed by atoms with Crippen LogP contribution in [0.25, 0.3) is 6.08 Å². The fourth-order valence-electron chi connectivity index (χ4n) is 3.19. The summed E-state index contributed by atoms with van der Waals surface area (Å²) in [5.41, 5.74) is 0.605. The van der Waals surface area contributed by atoms with Gasteiger partial charge in [-0.3, -0.25) is 9.59 Å². The number of ether oxygens (including phenoxy) is 3. The van der Waals surface area contributed by atoms with Crippen molar-refractivity contribution >= 4 is 35.5 Å². The van der Waals surface area contributed by atoms with Crippen LogP contribution in [0.5, 0.6) is 11.5 Å². The van der Waals surface area contributed by atoms with Gasteiger partial charge in [-0.15, -0.1) is 0 Å². The molecule has 3 rings (SSSR count). The highest BCUT2D eigenvalue weighted by molar-refractivity contribution is 6.32. The zero-order valence-corrected chi connectivity index (χ0v) is 18.5. The van der Waals surface area contributed by atoms with Gasteiger partial charge in [0.1, 0.15) is 0 Å². The molecule has 10 heteroatoms. The largest absolute Gasteiger partial charge is 0.493 e. The lowest BCUT2D eigenvalue weighted by Gasteiger charge is -2.34. The summed E-state index contributed by atoms with van der Waals surface area (Å²) in [6, 6.07) is 6.52. The molecule has 0 N–H and O–H groups in total. The summed E-state index contributed by atoms with van der Waals surface area (Å²) in [7, 11) is 2.96. The van der Waals surface area contributed by atoms with E-state index in [1.54, 1.807) is 34.1 Å². The maximum atomic E-state index is 12.3. The van der Waals surface area contributed by atoms with Gasteiger partial charge in [0.15, 0.2) is 23.9 Å². The molecule has 1 fully saturated rings. The summed E-state index contributed by atoms with van der Waals surface area (Å²) in [5, 5.41) is 0.333. The smallest absolute Gasteiger partial charge is 0.331 e. The molecule has 9 nitrogen and oxygen atoms in total. The minimum Gasteiger partial charge on any atom is -0.493 e. The van der Waals surface area contributed by atoms with Crippen LogP contribution >= 0.6 is 11.6 Å². The molecule has 0 spiro atoms. The first-order valence-corrected chi connectivity index (χ1v) is 10.2. The van der Waals surface area contributed by atoms with E-state index in [1.165, 1.54) is 32.6 Å². The summed E-state index contributed by atoms with van der Waals surface area (Å²) in [5.74, 6) is -0.129. The lowest BCUT2D eigenvalue weighted by molar-refractivity contribution is -0.148. The number of amides is 2. The molecule has 0 radical (unpaired) electrons. The SMILES string of the molecule is COc1cc(/C=C/C(=O)OCC(=O)N2CCN(C(=O)c3ccco3)CC2)cc(Cl)c1OC. The zero-order chi connectivity index (χ0) is 23.1. The van der Waals surface area contributed by atoms with Crippen LogP contribution in [0.2, 0.25) is 5.02 Å². The second kappa shape index (κ2) is 10.7. The van der Waals surface area contributed by atoms with E-state index in [2.05, 4.69) is 0 Å². The van der Waals surface area contributed by atoms with Gasteiger partial charge in [0.05, 0.1) is 25.5 Å².